The van der Waals surface area contributed by atoms with Gasteiger partial charge in [0, 0.05) is 78.0 Å². The molecule has 0 radical (unpaired) electrons. The molecule has 4 aliphatic rings. The van der Waals surface area contributed by atoms with Crippen LogP contribution < -0.4 is 0 Å². The summed E-state index contributed by atoms with van der Waals surface area (Å²) in [5.74, 6) is -1.27. The van der Waals surface area contributed by atoms with Gasteiger partial charge in [-0.1, -0.05) is 260 Å². The third kappa shape index (κ3) is 43.0. The van der Waals surface area contributed by atoms with Gasteiger partial charge in [0.05, 0.1) is 50.1 Å². The lowest BCUT2D eigenvalue weighted by Crippen LogP contribution is -2.27. The Kier molecular flexibility index (Phi) is 55.3. The number of amides is 4. The first kappa shape index (κ1) is 85.8. The van der Waals surface area contributed by atoms with Crippen molar-refractivity contribution >= 4 is 47.5 Å². The maximum atomic E-state index is 12.1. The molecule has 4 fully saturated rings. The third-order valence-electron chi connectivity index (χ3n) is 18.3. The van der Waals surface area contributed by atoms with Crippen molar-refractivity contribution in [1.29, 1.82) is 0 Å². The summed E-state index contributed by atoms with van der Waals surface area (Å²) in [4.78, 5) is 103. The molecule has 16 nitrogen and oxygen atoms in total. The zero-order valence-electron chi connectivity index (χ0n) is 60.6. The van der Waals surface area contributed by atoms with Crippen molar-refractivity contribution in [2.24, 2.45) is 23.7 Å². The smallest absolute Gasteiger partial charge is 0.311 e. The Bertz CT molecular complexity index is 1900. The predicted molar refractivity (Wildman–Crippen MR) is 373 cm³/mol. The number of carbonyl (C=O) groups excluding carboxylic acids is 8. The number of esters is 4. The fourth-order valence-electron chi connectivity index (χ4n) is 12.3. The summed E-state index contributed by atoms with van der Waals surface area (Å²) in [5, 5.41) is 0. The van der Waals surface area contributed by atoms with Crippen LogP contribution in [0.5, 0.6) is 0 Å². The van der Waals surface area contributed by atoms with Gasteiger partial charge in [-0.25, -0.2) is 0 Å². The van der Waals surface area contributed by atoms with E-state index >= 15 is 0 Å². The minimum atomic E-state index is -0.245. The SMILES string of the molecule is CCCCCCCCCCCCN1CC(C(=O)OCC)CC1=O.CCCCCCCCN1CC(C(=O)OCCCC)CC1=O.CCCCCCCCN1CC(C(=O)OCCCCCC)CC1=O.CCCCCCCCOC(=O)C1CC(=O)N(CCCCCCCC)C1. The van der Waals surface area contributed by atoms with E-state index < -0.39 is 0 Å². The lowest BCUT2D eigenvalue weighted by Gasteiger charge is -2.16. The number of hydrogen-bond acceptors (Lipinski definition) is 12. The molecule has 4 heterocycles. The predicted octanol–water partition coefficient (Wildman–Crippen LogP) is 17.3. The molecule has 0 N–H and O–H groups in total. The van der Waals surface area contributed by atoms with Crippen molar-refractivity contribution < 1.29 is 57.3 Å². The van der Waals surface area contributed by atoms with Gasteiger partial charge >= 0.3 is 23.9 Å². The largest absolute Gasteiger partial charge is 0.466 e. The number of likely N-dealkylation sites (tertiary alicyclic amines) is 4. The monoisotopic (exact) mass is 1300 g/mol. The fraction of sp³-hybridized carbons (Fsp3) is 0.895. The van der Waals surface area contributed by atoms with Gasteiger partial charge in [-0.3, -0.25) is 38.4 Å². The molecular weight excluding hydrogens is 1160 g/mol. The summed E-state index contributed by atoms with van der Waals surface area (Å²) in [6, 6.07) is 0. The Balaban J connectivity index is 0.000000614. The van der Waals surface area contributed by atoms with E-state index in [9.17, 15) is 38.4 Å². The van der Waals surface area contributed by atoms with E-state index in [1.165, 1.54) is 193 Å². The average Bonchev–Trinajstić information content (AvgIpc) is 2.05. The molecule has 0 saturated carbocycles. The molecule has 16 heteroatoms. The van der Waals surface area contributed by atoms with Crippen LogP contribution in [0.2, 0.25) is 0 Å². The van der Waals surface area contributed by atoms with E-state index in [1.807, 2.05) is 19.6 Å². The van der Waals surface area contributed by atoms with E-state index in [0.29, 0.717) is 78.3 Å². The minimum absolute atomic E-state index is 0.110. The van der Waals surface area contributed by atoms with Crippen molar-refractivity contribution in [3.05, 3.63) is 0 Å². The molecule has 4 saturated heterocycles. The summed E-state index contributed by atoms with van der Waals surface area (Å²) in [6.45, 7) is 24.4. The highest BCUT2D eigenvalue weighted by Gasteiger charge is 2.38. The quantitative estimate of drug-likeness (QED) is 0.0319. The molecule has 4 unspecified atom stereocenters. The summed E-state index contributed by atoms with van der Waals surface area (Å²) in [5.41, 5.74) is 0. The molecule has 0 bridgehead atoms. The average molecular weight is 1300 g/mol. The second-order valence-corrected chi connectivity index (χ2v) is 26.9. The topological polar surface area (TPSA) is 186 Å². The van der Waals surface area contributed by atoms with E-state index in [-0.39, 0.29) is 71.2 Å². The van der Waals surface area contributed by atoms with Crippen LogP contribution in [0, 0.1) is 23.7 Å². The Morgan fingerprint density at radius 3 is 0.674 bits per heavy atom. The molecule has 0 aromatic rings. The summed E-state index contributed by atoms with van der Waals surface area (Å²) in [7, 11) is 0. The highest BCUT2D eigenvalue weighted by atomic mass is 16.5. The molecule has 4 atom stereocenters. The number of nitrogens with zero attached hydrogens (tertiary/aromatic N) is 4. The van der Waals surface area contributed by atoms with Crippen LogP contribution in [-0.2, 0) is 57.3 Å². The molecular formula is C76H140N4O12. The second-order valence-electron chi connectivity index (χ2n) is 26.9. The van der Waals surface area contributed by atoms with E-state index in [4.69, 9.17) is 18.9 Å². The Labute approximate surface area is 562 Å². The van der Waals surface area contributed by atoms with Gasteiger partial charge in [-0.05, 0) is 51.9 Å². The number of ether oxygens (including phenoxy) is 4. The maximum absolute atomic E-state index is 12.1. The first-order valence-corrected chi connectivity index (χ1v) is 38.5. The van der Waals surface area contributed by atoms with Gasteiger partial charge in [-0.2, -0.15) is 0 Å². The number of carbonyl (C=O) groups is 8. The molecule has 4 rings (SSSR count). The van der Waals surface area contributed by atoms with Crippen molar-refractivity contribution in [3.63, 3.8) is 0 Å². The van der Waals surface area contributed by atoms with Crippen LogP contribution in [-0.4, -0.2) is 146 Å². The third-order valence-corrected chi connectivity index (χ3v) is 18.3. The number of rotatable bonds is 52. The Hall–Kier alpha value is -4.24. The normalized spacial score (nSPS) is 17.7. The number of hydrogen-bond donors (Lipinski definition) is 0. The molecule has 4 amide bonds. The molecule has 0 aromatic carbocycles. The van der Waals surface area contributed by atoms with Crippen LogP contribution in [0.15, 0.2) is 0 Å². The number of unbranched alkanes of at least 4 members (excludes halogenated alkanes) is 33. The van der Waals surface area contributed by atoms with Gasteiger partial charge in [0.1, 0.15) is 0 Å². The van der Waals surface area contributed by atoms with Crippen LogP contribution in [0.4, 0.5) is 0 Å². The van der Waals surface area contributed by atoms with Gasteiger partial charge in [0.25, 0.3) is 0 Å². The minimum Gasteiger partial charge on any atom is -0.466 e. The fourth-order valence-corrected chi connectivity index (χ4v) is 12.3. The van der Waals surface area contributed by atoms with Gasteiger partial charge in [-0.15, -0.1) is 0 Å². The van der Waals surface area contributed by atoms with Crippen LogP contribution >= 0.6 is 0 Å². The van der Waals surface area contributed by atoms with Crippen LogP contribution in [0.3, 0.4) is 0 Å². The second kappa shape index (κ2) is 59.3. The molecule has 92 heavy (non-hydrogen) atoms. The molecule has 0 aliphatic carbocycles. The maximum Gasteiger partial charge on any atom is 0.311 e. The lowest BCUT2D eigenvalue weighted by molar-refractivity contribution is -0.149. The summed E-state index contributed by atoms with van der Waals surface area (Å²) in [6.07, 6.45) is 49.7. The van der Waals surface area contributed by atoms with Crippen LogP contribution in [0.1, 0.15) is 338 Å². The van der Waals surface area contributed by atoms with Crippen molar-refractivity contribution in [2.45, 2.75) is 338 Å². The molecule has 0 aromatic heterocycles. The first-order valence-electron chi connectivity index (χ1n) is 38.5. The zero-order valence-corrected chi connectivity index (χ0v) is 60.6. The van der Waals surface area contributed by atoms with Gasteiger partial charge in [0.15, 0.2) is 0 Å². The van der Waals surface area contributed by atoms with E-state index in [2.05, 4.69) is 48.5 Å². The lowest BCUT2D eigenvalue weighted by atomic mass is 10.1. The standard InChI is InChI=1S/C21H39NO3.2C19H35NO3.C17H31NO3/c1-3-5-7-9-11-13-15-22-18-19(17-20(22)23)21(24)25-16-14-12-10-8-6-4-2;1-3-5-6-7-8-9-10-11-12-13-14-20-16-17(15-18(20)21)19(22)23-4-2;1-3-5-7-9-10-11-13-20-16-17(15-18(20)21)19(22)23-14-12-8-6-4-2;1-3-5-7-8-9-10-11-18-14-15(13-16(18)19)17(20)21-12-6-4-2/h19H,3-18H2,1-2H3;2*17H,3-16H2,1-2H3;15H,3-14H2,1-2H3. The summed E-state index contributed by atoms with van der Waals surface area (Å²) >= 11 is 0. The Morgan fingerprint density at radius 2 is 0.446 bits per heavy atom. The van der Waals surface area contributed by atoms with E-state index in [1.54, 1.807) is 6.92 Å². The zero-order chi connectivity index (χ0) is 67.7. The molecule has 0 spiro atoms. The molecule has 536 valence electrons. The van der Waals surface area contributed by atoms with Crippen molar-refractivity contribution in [1.82, 2.24) is 19.6 Å². The van der Waals surface area contributed by atoms with Gasteiger partial charge < -0.3 is 38.5 Å². The van der Waals surface area contributed by atoms with Crippen molar-refractivity contribution in [2.75, 3.05) is 78.8 Å². The Morgan fingerprint density at radius 1 is 0.261 bits per heavy atom. The van der Waals surface area contributed by atoms with E-state index in [0.717, 1.165) is 90.4 Å². The molecule has 4 aliphatic heterocycles. The van der Waals surface area contributed by atoms with Crippen molar-refractivity contribution in [3.8, 4) is 0 Å². The highest BCUT2D eigenvalue weighted by Crippen LogP contribution is 2.25. The van der Waals surface area contributed by atoms with Gasteiger partial charge in [0.2, 0.25) is 23.6 Å². The summed E-state index contributed by atoms with van der Waals surface area (Å²) < 4.78 is 20.9. The first-order chi connectivity index (χ1) is 44.7. The van der Waals surface area contributed by atoms with Crippen LogP contribution in [0.25, 0.3) is 0 Å². The highest BCUT2D eigenvalue weighted by molar-refractivity contribution is 5.88.